The summed E-state index contributed by atoms with van der Waals surface area (Å²) < 4.78 is 5.13. The van der Waals surface area contributed by atoms with Crippen LogP contribution in [-0.2, 0) is 9.53 Å². The Labute approximate surface area is 113 Å². The maximum Gasteiger partial charge on any atom is 0.223 e. The van der Waals surface area contributed by atoms with E-state index in [1.807, 2.05) is 18.2 Å². The number of nitrogens with one attached hydrogen (secondary N) is 1. The summed E-state index contributed by atoms with van der Waals surface area (Å²) in [6, 6.07) is 10.2. The summed E-state index contributed by atoms with van der Waals surface area (Å²) in [6.07, 6.45) is 1.74. The first-order valence-corrected chi connectivity index (χ1v) is 6.84. The molecule has 19 heavy (non-hydrogen) atoms. The molecule has 1 saturated carbocycles. The van der Waals surface area contributed by atoms with Gasteiger partial charge in [-0.3, -0.25) is 4.79 Å². The number of rotatable bonds is 8. The minimum atomic E-state index is 0.0488. The first-order valence-electron chi connectivity index (χ1n) is 6.84. The van der Waals surface area contributed by atoms with E-state index in [9.17, 15) is 4.79 Å². The first kappa shape index (κ1) is 14.0. The highest BCUT2D eigenvalue weighted by atomic mass is 16.5. The van der Waals surface area contributed by atoms with Crippen LogP contribution in [0, 0.1) is 5.92 Å². The lowest BCUT2D eigenvalue weighted by Crippen LogP contribution is -2.27. The molecule has 1 aromatic rings. The zero-order chi connectivity index (χ0) is 13.5. The molecule has 2 atom stereocenters. The molecular weight excluding hydrogens is 242 g/mol. The lowest BCUT2D eigenvalue weighted by Gasteiger charge is -2.05. The van der Waals surface area contributed by atoms with Crippen LogP contribution in [-0.4, -0.2) is 37.4 Å². The van der Waals surface area contributed by atoms with Gasteiger partial charge in [0.2, 0.25) is 5.91 Å². The molecule has 4 heteroatoms. The molecule has 1 aromatic carbocycles. The first-order chi connectivity index (χ1) is 9.33. The molecule has 4 nitrogen and oxygen atoms in total. The third kappa shape index (κ3) is 4.33. The largest absolute Gasteiger partial charge is 0.394 e. The molecule has 1 aliphatic carbocycles. The molecule has 0 saturated heterocycles. The molecule has 104 valence electrons. The van der Waals surface area contributed by atoms with Gasteiger partial charge in [-0.05, 0) is 24.3 Å². The number of ether oxygens (including phenoxy) is 1. The number of amides is 1. The lowest BCUT2D eigenvalue weighted by molar-refractivity contribution is -0.122. The van der Waals surface area contributed by atoms with Crippen LogP contribution in [0.4, 0.5) is 0 Å². The van der Waals surface area contributed by atoms with Crippen molar-refractivity contribution in [1.82, 2.24) is 5.32 Å². The molecule has 0 aromatic heterocycles. The number of carbonyl (C=O) groups excluding carboxylic acids is 1. The zero-order valence-electron chi connectivity index (χ0n) is 11.0. The number of carbonyl (C=O) groups is 1. The minimum absolute atomic E-state index is 0.0488. The summed E-state index contributed by atoms with van der Waals surface area (Å²) in [4.78, 5) is 11.9. The van der Waals surface area contributed by atoms with Crippen molar-refractivity contribution in [3.63, 3.8) is 0 Å². The Morgan fingerprint density at radius 1 is 1.32 bits per heavy atom. The Balaban J connectivity index is 1.61. The quantitative estimate of drug-likeness (QED) is 0.695. The van der Waals surface area contributed by atoms with Crippen molar-refractivity contribution in [2.75, 3.05) is 26.4 Å². The predicted octanol–water partition coefficient (Wildman–Crippen LogP) is 1.31. The van der Waals surface area contributed by atoms with E-state index in [1.54, 1.807) is 0 Å². The lowest BCUT2D eigenvalue weighted by atomic mass is 10.1. The third-order valence-corrected chi connectivity index (χ3v) is 3.36. The average molecular weight is 263 g/mol. The topological polar surface area (TPSA) is 58.6 Å². The van der Waals surface area contributed by atoms with Gasteiger partial charge in [-0.25, -0.2) is 0 Å². The Morgan fingerprint density at radius 2 is 2.11 bits per heavy atom. The predicted molar refractivity (Wildman–Crippen MR) is 72.8 cm³/mol. The molecule has 1 aliphatic rings. The van der Waals surface area contributed by atoms with Gasteiger partial charge >= 0.3 is 0 Å². The van der Waals surface area contributed by atoms with E-state index in [-0.39, 0.29) is 18.4 Å². The summed E-state index contributed by atoms with van der Waals surface area (Å²) in [5.41, 5.74) is 1.26. The van der Waals surface area contributed by atoms with Crippen LogP contribution < -0.4 is 5.32 Å². The van der Waals surface area contributed by atoms with Crippen molar-refractivity contribution in [3.05, 3.63) is 35.9 Å². The van der Waals surface area contributed by atoms with E-state index in [0.29, 0.717) is 25.7 Å². The highest BCUT2D eigenvalue weighted by molar-refractivity contribution is 5.82. The number of hydrogen-bond acceptors (Lipinski definition) is 3. The number of aliphatic hydroxyl groups excluding tert-OH is 1. The Kier molecular flexibility index (Phi) is 5.36. The second kappa shape index (κ2) is 7.26. The number of hydrogen-bond donors (Lipinski definition) is 2. The zero-order valence-corrected chi connectivity index (χ0v) is 11.0. The normalized spacial score (nSPS) is 21.1. The van der Waals surface area contributed by atoms with E-state index < -0.39 is 0 Å². The van der Waals surface area contributed by atoms with Crippen LogP contribution in [0.25, 0.3) is 0 Å². The third-order valence-electron chi connectivity index (χ3n) is 3.36. The number of aliphatic hydroxyl groups is 1. The van der Waals surface area contributed by atoms with Crippen molar-refractivity contribution >= 4 is 5.91 Å². The molecule has 0 aliphatic heterocycles. The monoisotopic (exact) mass is 263 g/mol. The van der Waals surface area contributed by atoms with Crippen molar-refractivity contribution in [2.45, 2.75) is 18.8 Å². The van der Waals surface area contributed by atoms with Gasteiger partial charge in [0.25, 0.3) is 0 Å². The molecule has 2 unspecified atom stereocenters. The van der Waals surface area contributed by atoms with E-state index in [4.69, 9.17) is 9.84 Å². The summed E-state index contributed by atoms with van der Waals surface area (Å²) >= 11 is 0. The minimum Gasteiger partial charge on any atom is -0.394 e. The van der Waals surface area contributed by atoms with Crippen LogP contribution in [0.3, 0.4) is 0 Å². The van der Waals surface area contributed by atoms with Crippen molar-refractivity contribution in [2.24, 2.45) is 5.92 Å². The SMILES string of the molecule is O=C(NCCCOCCO)C1CC1c1ccccc1. The molecule has 1 fully saturated rings. The molecule has 0 spiro atoms. The van der Waals surface area contributed by atoms with Gasteiger partial charge in [0.05, 0.1) is 13.2 Å². The summed E-state index contributed by atoms with van der Waals surface area (Å²) in [5, 5.41) is 11.5. The van der Waals surface area contributed by atoms with E-state index in [0.717, 1.165) is 12.8 Å². The van der Waals surface area contributed by atoms with Gasteiger partial charge in [0.15, 0.2) is 0 Å². The van der Waals surface area contributed by atoms with Crippen LogP contribution in [0.5, 0.6) is 0 Å². The van der Waals surface area contributed by atoms with E-state index in [1.165, 1.54) is 5.56 Å². The highest BCUT2D eigenvalue weighted by Crippen LogP contribution is 2.47. The Morgan fingerprint density at radius 3 is 2.84 bits per heavy atom. The second-order valence-electron chi connectivity index (χ2n) is 4.84. The van der Waals surface area contributed by atoms with Gasteiger partial charge in [-0.1, -0.05) is 30.3 Å². The molecule has 2 N–H and O–H groups in total. The standard InChI is InChI=1S/C15H21NO3/c17-8-10-19-9-4-7-16-15(18)14-11-13(14)12-5-2-1-3-6-12/h1-3,5-6,13-14,17H,4,7-11H2,(H,16,18). The Hall–Kier alpha value is -1.39. The maximum absolute atomic E-state index is 11.9. The molecule has 0 heterocycles. The van der Waals surface area contributed by atoms with Crippen LogP contribution in [0.2, 0.25) is 0 Å². The second-order valence-corrected chi connectivity index (χ2v) is 4.84. The van der Waals surface area contributed by atoms with E-state index in [2.05, 4.69) is 17.4 Å². The van der Waals surface area contributed by atoms with Gasteiger partial charge in [-0.15, -0.1) is 0 Å². The molecule has 0 radical (unpaired) electrons. The fourth-order valence-electron chi connectivity index (χ4n) is 2.24. The Bertz CT molecular complexity index is 394. The summed E-state index contributed by atoms with van der Waals surface area (Å²) in [5.74, 6) is 0.684. The van der Waals surface area contributed by atoms with E-state index >= 15 is 0 Å². The van der Waals surface area contributed by atoms with Crippen molar-refractivity contribution in [1.29, 1.82) is 0 Å². The molecular formula is C15H21NO3. The van der Waals surface area contributed by atoms with Gasteiger partial charge in [-0.2, -0.15) is 0 Å². The van der Waals surface area contributed by atoms with Crippen LogP contribution in [0.15, 0.2) is 30.3 Å². The van der Waals surface area contributed by atoms with Crippen molar-refractivity contribution < 1.29 is 14.6 Å². The molecule has 1 amide bonds. The van der Waals surface area contributed by atoms with Crippen LogP contribution in [0.1, 0.15) is 24.3 Å². The maximum atomic E-state index is 11.9. The fourth-order valence-corrected chi connectivity index (χ4v) is 2.24. The van der Waals surface area contributed by atoms with Crippen LogP contribution >= 0.6 is 0 Å². The average Bonchev–Trinajstić information content (AvgIpc) is 3.24. The summed E-state index contributed by atoms with van der Waals surface area (Å²) in [6.45, 7) is 1.63. The smallest absolute Gasteiger partial charge is 0.223 e. The summed E-state index contributed by atoms with van der Waals surface area (Å²) in [7, 11) is 0. The van der Waals surface area contributed by atoms with Crippen molar-refractivity contribution in [3.8, 4) is 0 Å². The molecule has 0 bridgehead atoms. The van der Waals surface area contributed by atoms with Gasteiger partial charge in [0.1, 0.15) is 0 Å². The number of benzene rings is 1. The highest BCUT2D eigenvalue weighted by Gasteiger charge is 2.43. The van der Waals surface area contributed by atoms with Gasteiger partial charge in [0, 0.05) is 19.1 Å². The molecule has 2 rings (SSSR count). The fraction of sp³-hybridized carbons (Fsp3) is 0.533. The van der Waals surface area contributed by atoms with Gasteiger partial charge < -0.3 is 15.2 Å².